The third-order valence-electron chi connectivity index (χ3n) is 8.32. The van der Waals surface area contributed by atoms with E-state index in [-0.39, 0.29) is 11.9 Å². The van der Waals surface area contributed by atoms with E-state index in [0.29, 0.717) is 48.6 Å². The van der Waals surface area contributed by atoms with Crippen LogP contribution in [0.25, 0.3) is 17.2 Å². The highest BCUT2D eigenvalue weighted by atomic mass is 16.5. The Morgan fingerprint density at radius 2 is 1.91 bits per heavy atom. The second-order valence-electron chi connectivity index (χ2n) is 11.8. The lowest BCUT2D eigenvalue weighted by Gasteiger charge is -2.22. The minimum atomic E-state index is -0.346. The smallest absolute Gasteiger partial charge is 0.275 e. The Hall–Kier alpha value is -5.10. The maximum atomic E-state index is 13.5. The first-order valence-electron chi connectivity index (χ1n) is 15.1. The number of nitrogens with one attached hydrogen (secondary N) is 1. The molecule has 45 heavy (non-hydrogen) atoms. The number of nitrogens with zero attached hydrogens (tertiary/aromatic N) is 8. The van der Waals surface area contributed by atoms with Crippen molar-refractivity contribution in [2.75, 3.05) is 19.5 Å². The minimum Gasteiger partial charge on any atom is -0.497 e. The quantitative estimate of drug-likeness (QED) is 0.242. The summed E-state index contributed by atoms with van der Waals surface area (Å²) in [5, 5.41) is 11.2. The number of hydrogen-bond donors (Lipinski definition) is 1. The maximum Gasteiger partial charge on any atom is 0.275 e. The van der Waals surface area contributed by atoms with E-state index in [9.17, 15) is 4.79 Å². The lowest BCUT2D eigenvalue weighted by molar-refractivity contribution is 0.102. The fraction of sp³-hybridized carbons (Fsp3) is 0.333. The third-order valence-corrected chi connectivity index (χ3v) is 8.32. The van der Waals surface area contributed by atoms with E-state index < -0.39 is 0 Å². The molecule has 230 valence electrons. The molecule has 1 amide bonds. The number of benzene rings is 1. The molecule has 1 aliphatic heterocycles. The van der Waals surface area contributed by atoms with Gasteiger partial charge in [-0.3, -0.25) is 14.7 Å². The first-order valence-corrected chi connectivity index (χ1v) is 15.1. The highest BCUT2D eigenvalue weighted by molar-refractivity contribution is 6.02. The summed E-state index contributed by atoms with van der Waals surface area (Å²) in [7, 11) is 3.33. The number of imidazole rings is 1. The van der Waals surface area contributed by atoms with Gasteiger partial charge in [0, 0.05) is 55.0 Å². The SMILES string of the molecule is COc1ccc(CN2Cc3cnc(C(=O)Nc4cccc(-c5nncn5C(C)C)n4)cc3-n3cnc(C4CC4)c3C2)c(OC)c1. The van der Waals surface area contributed by atoms with Gasteiger partial charge in [-0.05, 0) is 51.0 Å². The molecule has 1 saturated carbocycles. The number of aromatic nitrogens is 7. The predicted octanol–water partition coefficient (Wildman–Crippen LogP) is 5.16. The summed E-state index contributed by atoms with van der Waals surface area (Å²) in [6.45, 7) is 6.12. The largest absolute Gasteiger partial charge is 0.497 e. The van der Waals surface area contributed by atoms with Gasteiger partial charge in [0.05, 0.1) is 37.6 Å². The van der Waals surface area contributed by atoms with Crippen molar-refractivity contribution in [2.24, 2.45) is 0 Å². The van der Waals surface area contributed by atoms with Crippen molar-refractivity contribution in [3.8, 4) is 28.7 Å². The van der Waals surface area contributed by atoms with Gasteiger partial charge >= 0.3 is 0 Å². The van der Waals surface area contributed by atoms with Gasteiger partial charge in [-0.25, -0.2) is 9.97 Å². The Morgan fingerprint density at radius 1 is 1.04 bits per heavy atom. The first kappa shape index (κ1) is 28.7. The predicted molar refractivity (Wildman–Crippen MR) is 167 cm³/mol. The molecule has 12 nitrogen and oxygen atoms in total. The fourth-order valence-corrected chi connectivity index (χ4v) is 5.85. The summed E-state index contributed by atoms with van der Waals surface area (Å²) < 4.78 is 15.2. The maximum absolute atomic E-state index is 13.5. The summed E-state index contributed by atoms with van der Waals surface area (Å²) in [6.07, 6.45) is 7.65. The standard InChI is InChI=1S/C33H35N9O3/c1-20(2)41-19-36-39-32(41)25-6-5-7-30(37-25)38-33(43)26-13-27-23(14-34-26)16-40(15-22-10-11-24(44-3)12-29(22)45-4)17-28-31(21-8-9-21)35-18-42(27)28/h5-7,10-14,18-21H,8-9,15-17H2,1-4H3,(H,37,38,43). The molecule has 0 saturated heterocycles. The zero-order chi connectivity index (χ0) is 31.1. The summed E-state index contributed by atoms with van der Waals surface area (Å²) >= 11 is 0. The first-order chi connectivity index (χ1) is 21.9. The molecular weight excluding hydrogens is 570 g/mol. The highest BCUT2D eigenvalue weighted by Gasteiger charge is 2.33. The van der Waals surface area contributed by atoms with Crippen LogP contribution in [-0.2, 0) is 19.6 Å². The van der Waals surface area contributed by atoms with Gasteiger partial charge in [-0.15, -0.1) is 10.2 Å². The Balaban J connectivity index is 1.18. The number of pyridine rings is 2. The van der Waals surface area contributed by atoms with E-state index in [1.807, 2.05) is 47.3 Å². The molecule has 1 fully saturated rings. The van der Waals surface area contributed by atoms with Gasteiger partial charge < -0.3 is 23.9 Å². The monoisotopic (exact) mass is 605 g/mol. The van der Waals surface area contributed by atoms with Gasteiger partial charge in [0.25, 0.3) is 5.91 Å². The molecule has 1 N–H and O–H groups in total. The van der Waals surface area contributed by atoms with Crippen LogP contribution in [-0.4, -0.2) is 59.3 Å². The number of ether oxygens (including phenoxy) is 2. The molecule has 5 heterocycles. The van der Waals surface area contributed by atoms with Crippen molar-refractivity contribution in [3.05, 3.63) is 89.5 Å². The van der Waals surface area contributed by atoms with Gasteiger partial charge in [0.1, 0.15) is 35.0 Å². The lowest BCUT2D eigenvalue weighted by atomic mass is 10.1. The van der Waals surface area contributed by atoms with Crippen LogP contribution in [0, 0.1) is 0 Å². The van der Waals surface area contributed by atoms with Gasteiger partial charge in [-0.2, -0.15) is 0 Å². The number of rotatable bonds is 9. The Labute approximate surface area is 261 Å². The van der Waals surface area contributed by atoms with Crippen LogP contribution in [0.2, 0.25) is 0 Å². The van der Waals surface area contributed by atoms with Crippen LogP contribution < -0.4 is 14.8 Å². The second-order valence-corrected chi connectivity index (χ2v) is 11.8. The van der Waals surface area contributed by atoms with Crippen LogP contribution in [0.1, 0.15) is 71.7 Å². The summed E-state index contributed by atoms with van der Waals surface area (Å²) in [4.78, 5) is 30.0. The van der Waals surface area contributed by atoms with Gasteiger partial charge in [-0.1, -0.05) is 12.1 Å². The van der Waals surface area contributed by atoms with E-state index in [2.05, 4.69) is 48.8 Å². The van der Waals surface area contributed by atoms with Crippen LogP contribution in [0.4, 0.5) is 5.82 Å². The molecule has 2 aliphatic rings. The number of hydrogen-bond acceptors (Lipinski definition) is 9. The van der Waals surface area contributed by atoms with Crippen LogP contribution >= 0.6 is 0 Å². The van der Waals surface area contributed by atoms with Crippen molar-refractivity contribution in [2.45, 2.75) is 58.3 Å². The topological polar surface area (TPSA) is 125 Å². The number of fused-ring (bicyclic) bond motifs is 3. The Morgan fingerprint density at radius 3 is 2.69 bits per heavy atom. The van der Waals surface area contributed by atoms with E-state index >= 15 is 0 Å². The second kappa shape index (κ2) is 11.8. The molecule has 0 spiro atoms. The average molecular weight is 606 g/mol. The van der Waals surface area contributed by atoms with Crippen LogP contribution in [0.5, 0.6) is 11.5 Å². The van der Waals surface area contributed by atoms with Crippen molar-refractivity contribution in [1.82, 2.24) is 39.2 Å². The Kier molecular flexibility index (Phi) is 7.50. The molecule has 0 unspecified atom stereocenters. The van der Waals surface area contributed by atoms with Crippen molar-refractivity contribution < 1.29 is 14.3 Å². The molecule has 5 aromatic rings. The molecular formula is C33H35N9O3. The normalized spacial score (nSPS) is 14.5. The van der Waals surface area contributed by atoms with Gasteiger partial charge in [0.15, 0.2) is 5.82 Å². The lowest BCUT2D eigenvalue weighted by Crippen LogP contribution is -2.22. The Bertz CT molecular complexity index is 1870. The number of amides is 1. The van der Waals surface area contributed by atoms with Crippen molar-refractivity contribution >= 4 is 11.7 Å². The highest BCUT2D eigenvalue weighted by Crippen LogP contribution is 2.42. The van der Waals surface area contributed by atoms with E-state index in [1.54, 1.807) is 32.8 Å². The zero-order valence-electron chi connectivity index (χ0n) is 25.8. The third kappa shape index (κ3) is 5.64. The zero-order valence-corrected chi connectivity index (χ0v) is 25.8. The molecule has 4 aromatic heterocycles. The number of carbonyl (C=O) groups is 1. The number of anilines is 1. The van der Waals surface area contributed by atoms with Crippen LogP contribution in [0.15, 0.2) is 61.3 Å². The van der Waals surface area contributed by atoms with E-state index in [1.165, 1.54) is 0 Å². The van der Waals surface area contributed by atoms with Gasteiger partial charge in [0.2, 0.25) is 0 Å². The minimum absolute atomic E-state index is 0.168. The summed E-state index contributed by atoms with van der Waals surface area (Å²) in [5.41, 5.74) is 6.16. The number of carbonyl (C=O) groups excluding carboxylic acids is 1. The molecule has 7 rings (SSSR count). The van der Waals surface area contributed by atoms with E-state index in [0.717, 1.165) is 52.5 Å². The van der Waals surface area contributed by atoms with Crippen molar-refractivity contribution in [1.29, 1.82) is 0 Å². The molecule has 1 aliphatic carbocycles. The summed E-state index contributed by atoms with van der Waals surface area (Å²) in [6, 6.07) is 13.4. The molecule has 0 radical (unpaired) electrons. The molecule has 12 heteroatoms. The van der Waals surface area contributed by atoms with Crippen molar-refractivity contribution in [3.63, 3.8) is 0 Å². The molecule has 1 aromatic carbocycles. The summed E-state index contributed by atoms with van der Waals surface area (Å²) in [5.74, 6) is 2.71. The molecule has 0 bridgehead atoms. The molecule has 0 atom stereocenters. The van der Waals surface area contributed by atoms with E-state index in [4.69, 9.17) is 14.5 Å². The fourth-order valence-electron chi connectivity index (χ4n) is 5.85. The average Bonchev–Trinajstić information content (AvgIpc) is 3.65. The number of methoxy groups -OCH3 is 2. The van der Waals surface area contributed by atoms with Crippen LogP contribution in [0.3, 0.4) is 0 Å².